The van der Waals surface area contributed by atoms with Crippen molar-refractivity contribution in [1.82, 2.24) is 10.2 Å². The molecule has 2 unspecified atom stereocenters. The van der Waals surface area contributed by atoms with Crippen molar-refractivity contribution in [2.75, 3.05) is 13.7 Å². The van der Waals surface area contributed by atoms with E-state index in [-0.39, 0.29) is 40.3 Å². The number of ether oxygens (including phenoxy) is 1. The van der Waals surface area contributed by atoms with Gasteiger partial charge in [0.25, 0.3) is 5.92 Å². The van der Waals surface area contributed by atoms with Crippen LogP contribution in [-0.4, -0.2) is 48.4 Å². The summed E-state index contributed by atoms with van der Waals surface area (Å²) in [6, 6.07) is 9.68. The molecule has 1 spiro atoms. The Balaban J connectivity index is 1.20. The maximum Gasteiger partial charge on any atom is 0.407 e. The van der Waals surface area contributed by atoms with E-state index in [1.165, 1.54) is 13.2 Å². The van der Waals surface area contributed by atoms with E-state index in [0.717, 1.165) is 49.0 Å². The first kappa shape index (κ1) is 27.7. The fourth-order valence-electron chi connectivity index (χ4n) is 7.31. The molecule has 2 aromatic carbocycles. The summed E-state index contributed by atoms with van der Waals surface area (Å²) >= 11 is 3.34. The number of likely N-dealkylation sites (tertiary alicyclic amines) is 1. The van der Waals surface area contributed by atoms with Gasteiger partial charge in [0, 0.05) is 34.1 Å². The van der Waals surface area contributed by atoms with Crippen LogP contribution in [0.3, 0.4) is 0 Å². The molecule has 0 bridgehead atoms. The van der Waals surface area contributed by atoms with Crippen LogP contribution in [0.15, 0.2) is 52.1 Å². The molecule has 3 aliphatic carbocycles. The molecule has 5 aliphatic rings. The number of carbonyl (C=O) groups excluding carboxylic acids is 2. The second-order valence-corrected chi connectivity index (χ2v) is 14.0. The van der Waals surface area contributed by atoms with Crippen molar-refractivity contribution >= 4 is 39.2 Å². The number of hydrogen-bond donors (Lipinski definition) is 1. The van der Waals surface area contributed by atoms with Crippen LogP contribution >= 0.6 is 15.9 Å². The van der Waals surface area contributed by atoms with Gasteiger partial charge in [-0.15, -0.1) is 0 Å². The quantitative estimate of drug-likeness (QED) is 0.378. The summed E-state index contributed by atoms with van der Waals surface area (Å²) in [4.78, 5) is 32.8. The molecule has 220 valence electrons. The van der Waals surface area contributed by atoms with E-state index in [1.54, 1.807) is 18.2 Å². The van der Waals surface area contributed by atoms with E-state index >= 15 is 8.78 Å². The average molecular weight is 639 g/mol. The predicted octanol–water partition coefficient (Wildman–Crippen LogP) is 7.15. The molecular weight excluding hydrogens is 604 g/mol. The van der Waals surface area contributed by atoms with E-state index in [9.17, 15) is 9.59 Å². The Morgan fingerprint density at radius 1 is 1.12 bits per heavy atom. The molecule has 9 heteroatoms. The molecule has 0 radical (unpaired) electrons. The molecule has 4 atom stereocenters. The highest BCUT2D eigenvalue weighted by atomic mass is 79.9. The van der Waals surface area contributed by atoms with Crippen molar-refractivity contribution in [3.05, 3.63) is 63.8 Å². The highest BCUT2D eigenvalue weighted by Gasteiger charge is 2.56. The number of amides is 2. The largest absolute Gasteiger partial charge is 0.453 e. The van der Waals surface area contributed by atoms with Gasteiger partial charge < -0.3 is 15.0 Å². The standard InChI is InChI=1S/C33H34BrF2N3O3/c1-17(2)29(38-31(41)42-3)30(40)39-16-32(8-9-32)14-28(39)27-12-19-10-23(19)24(15-37-27)18-4-6-21-22-7-5-20(34)13-26(22)33(35,36)25(21)11-18/h4-7,11,13,15,17,19,23,28-29H,8-10,12,14,16H2,1-3H3,(H,38,41)/t19?,23?,28-,29-/m0/s1. The highest BCUT2D eigenvalue weighted by molar-refractivity contribution is 9.10. The van der Waals surface area contributed by atoms with Crippen molar-refractivity contribution in [2.45, 2.75) is 64.0 Å². The van der Waals surface area contributed by atoms with Gasteiger partial charge in [-0.25, -0.2) is 4.79 Å². The Morgan fingerprint density at radius 2 is 1.83 bits per heavy atom. The molecule has 1 N–H and O–H groups in total. The first-order valence-electron chi connectivity index (χ1n) is 14.8. The van der Waals surface area contributed by atoms with Crippen LogP contribution in [0.5, 0.6) is 0 Å². The lowest BCUT2D eigenvalue weighted by molar-refractivity contribution is -0.134. The Bertz CT molecular complexity index is 1560. The molecule has 2 heterocycles. The van der Waals surface area contributed by atoms with Crippen LogP contribution < -0.4 is 5.32 Å². The smallest absolute Gasteiger partial charge is 0.407 e. The summed E-state index contributed by atoms with van der Waals surface area (Å²) < 4.78 is 36.6. The first-order chi connectivity index (χ1) is 20.0. The number of aliphatic imine (C=N–C) groups is 1. The molecule has 3 fully saturated rings. The number of hydrogen-bond acceptors (Lipinski definition) is 4. The maximum atomic E-state index is 15.6. The third kappa shape index (κ3) is 4.50. The maximum absolute atomic E-state index is 15.6. The van der Waals surface area contributed by atoms with E-state index in [4.69, 9.17) is 9.73 Å². The summed E-state index contributed by atoms with van der Waals surface area (Å²) in [5.41, 5.74) is 4.13. The Morgan fingerprint density at radius 3 is 2.52 bits per heavy atom. The molecule has 2 saturated carbocycles. The number of benzene rings is 2. The molecule has 6 nitrogen and oxygen atoms in total. The summed E-state index contributed by atoms with van der Waals surface area (Å²) in [5, 5.41) is 2.74. The van der Waals surface area contributed by atoms with Gasteiger partial charge in [-0.05, 0) is 95.7 Å². The van der Waals surface area contributed by atoms with Gasteiger partial charge in [0.2, 0.25) is 5.91 Å². The molecule has 2 aliphatic heterocycles. The number of halogens is 3. The lowest BCUT2D eigenvalue weighted by Crippen LogP contribution is -2.53. The minimum Gasteiger partial charge on any atom is -0.453 e. The monoisotopic (exact) mass is 637 g/mol. The van der Waals surface area contributed by atoms with Crippen molar-refractivity contribution in [2.24, 2.45) is 28.2 Å². The fourth-order valence-corrected chi connectivity index (χ4v) is 7.67. The Labute approximate surface area is 252 Å². The van der Waals surface area contributed by atoms with Crippen LogP contribution in [0.1, 0.15) is 62.6 Å². The summed E-state index contributed by atoms with van der Waals surface area (Å²) in [6.45, 7) is 4.50. The van der Waals surface area contributed by atoms with Gasteiger partial charge >= 0.3 is 6.09 Å². The number of methoxy groups -OCH3 is 1. The number of allylic oxidation sites excluding steroid dienone is 1. The van der Waals surface area contributed by atoms with Gasteiger partial charge in [-0.2, -0.15) is 8.78 Å². The van der Waals surface area contributed by atoms with Gasteiger partial charge in [0.05, 0.1) is 13.2 Å². The number of nitrogens with one attached hydrogen (secondary N) is 1. The number of nitrogens with zero attached hydrogens (tertiary/aromatic N) is 2. The van der Waals surface area contributed by atoms with Crippen molar-refractivity contribution in [3.63, 3.8) is 0 Å². The van der Waals surface area contributed by atoms with Gasteiger partial charge in [-0.3, -0.25) is 9.79 Å². The van der Waals surface area contributed by atoms with E-state index in [1.807, 2.05) is 37.1 Å². The highest BCUT2D eigenvalue weighted by Crippen LogP contribution is 2.58. The second kappa shape index (κ2) is 9.73. The predicted molar refractivity (Wildman–Crippen MR) is 160 cm³/mol. The Kier molecular flexibility index (Phi) is 6.42. The van der Waals surface area contributed by atoms with Gasteiger partial charge in [0.15, 0.2) is 0 Å². The van der Waals surface area contributed by atoms with Crippen LogP contribution in [-0.2, 0) is 15.5 Å². The molecule has 2 amide bonds. The number of rotatable bonds is 5. The van der Waals surface area contributed by atoms with Gasteiger partial charge in [0.1, 0.15) is 6.04 Å². The lowest BCUT2D eigenvalue weighted by atomic mass is 9.94. The average Bonchev–Trinajstić information content (AvgIpc) is 3.85. The van der Waals surface area contributed by atoms with Crippen molar-refractivity contribution in [1.29, 1.82) is 0 Å². The van der Waals surface area contributed by atoms with Crippen molar-refractivity contribution in [3.8, 4) is 11.1 Å². The zero-order valence-electron chi connectivity index (χ0n) is 23.9. The van der Waals surface area contributed by atoms with Crippen LogP contribution in [0.2, 0.25) is 0 Å². The topological polar surface area (TPSA) is 71.0 Å². The minimum absolute atomic E-state index is 0.0323. The summed E-state index contributed by atoms with van der Waals surface area (Å²) in [5.74, 6) is -2.63. The first-order valence-corrected chi connectivity index (χ1v) is 15.6. The number of alkyl carbamates (subject to hydrolysis) is 1. The third-order valence-electron chi connectivity index (χ3n) is 9.99. The van der Waals surface area contributed by atoms with E-state index < -0.39 is 18.1 Å². The molecule has 42 heavy (non-hydrogen) atoms. The molecule has 1 saturated heterocycles. The summed E-state index contributed by atoms with van der Waals surface area (Å²) in [7, 11) is 1.30. The van der Waals surface area contributed by atoms with Crippen LogP contribution in [0, 0.1) is 23.2 Å². The van der Waals surface area contributed by atoms with Crippen LogP contribution in [0.25, 0.3) is 16.7 Å². The minimum atomic E-state index is -3.07. The summed E-state index contributed by atoms with van der Waals surface area (Å²) in [6.07, 6.45) is 6.08. The van der Waals surface area contributed by atoms with Gasteiger partial charge in [-0.1, -0.05) is 48.0 Å². The van der Waals surface area contributed by atoms with Crippen molar-refractivity contribution < 1.29 is 23.1 Å². The molecule has 0 aromatic heterocycles. The third-order valence-corrected chi connectivity index (χ3v) is 10.5. The second-order valence-electron chi connectivity index (χ2n) is 13.1. The SMILES string of the molecule is COC(=O)N[C@H](C(=O)N1CC2(CC2)C[C@H]1C1=NC=C(c2ccc3c(c2)C(F)(F)c2cc(Br)ccc2-3)C2CC2C1)C(C)C. The fraction of sp³-hybridized carbons (Fsp3) is 0.485. The Hall–Kier alpha value is -3.07. The molecular formula is C33H34BrF2N3O3. The number of carbonyl (C=O) groups is 2. The zero-order chi connectivity index (χ0) is 29.6. The normalized spacial score (nSPS) is 26.5. The number of fused-ring (bicyclic) bond motifs is 4. The van der Waals surface area contributed by atoms with Crippen LogP contribution in [0.4, 0.5) is 13.6 Å². The lowest BCUT2D eigenvalue weighted by Gasteiger charge is -2.31. The molecule has 7 rings (SSSR count). The van der Waals surface area contributed by atoms with E-state index in [2.05, 4.69) is 21.2 Å². The number of alkyl halides is 2. The van der Waals surface area contributed by atoms with E-state index in [0.29, 0.717) is 28.1 Å². The zero-order valence-corrected chi connectivity index (χ0v) is 25.5. The molecule has 2 aromatic rings.